The summed E-state index contributed by atoms with van der Waals surface area (Å²) >= 11 is 0. The maximum Gasteiger partial charge on any atom is 0.168 e. The molecular formula is C15H21NO2. The van der Waals surface area contributed by atoms with Crippen LogP contribution in [0.1, 0.15) is 40.7 Å². The van der Waals surface area contributed by atoms with Crippen molar-refractivity contribution in [3.8, 4) is 5.75 Å². The molecule has 2 N–H and O–H groups in total. The molecule has 1 atom stereocenters. The number of hydrogen-bond acceptors (Lipinski definition) is 3. The lowest BCUT2D eigenvalue weighted by Gasteiger charge is -2.14. The van der Waals surface area contributed by atoms with Gasteiger partial charge in [-0.05, 0) is 49.8 Å². The Hall–Kier alpha value is -1.35. The lowest BCUT2D eigenvalue weighted by molar-refractivity contribution is 0.0968. The van der Waals surface area contributed by atoms with Crippen molar-refractivity contribution >= 4 is 5.78 Å². The molecule has 0 bridgehead atoms. The monoisotopic (exact) mass is 247 g/mol. The second-order valence-corrected chi connectivity index (χ2v) is 5.29. The van der Waals surface area contributed by atoms with E-state index in [0.717, 1.165) is 11.1 Å². The summed E-state index contributed by atoms with van der Waals surface area (Å²) in [6, 6.07) is 3.92. The summed E-state index contributed by atoms with van der Waals surface area (Å²) < 4.78 is 5.32. The quantitative estimate of drug-likeness (QED) is 0.814. The van der Waals surface area contributed by atoms with Gasteiger partial charge in [-0.2, -0.15) is 0 Å². The maximum atomic E-state index is 12.3. The largest absolute Gasteiger partial charge is 0.496 e. The summed E-state index contributed by atoms with van der Waals surface area (Å²) in [6.07, 6.45) is 2.75. The second-order valence-electron chi connectivity index (χ2n) is 5.29. The molecule has 1 aromatic carbocycles. The van der Waals surface area contributed by atoms with Crippen LogP contribution in [-0.4, -0.2) is 18.9 Å². The van der Waals surface area contributed by atoms with E-state index in [1.807, 2.05) is 26.0 Å². The van der Waals surface area contributed by atoms with Crippen molar-refractivity contribution in [2.75, 3.05) is 7.11 Å². The Bertz CT molecular complexity index is 464. The minimum absolute atomic E-state index is 0.00269. The van der Waals surface area contributed by atoms with Gasteiger partial charge in [0.1, 0.15) is 5.75 Å². The first-order valence-corrected chi connectivity index (χ1v) is 6.47. The molecule has 18 heavy (non-hydrogen) atoms. The van der Waals surface area contributed by atoms with Crippen molar-refractivity contribution < 1.29 is 9.53 Å². The Labute approximate surface area is 108 Å². The van der Waals surface area contributed by atoms with Crippen molar-refractivity contribution in [3.63, 3.8) is 0 Å². The highest BCUT2D eigenvalue weighted by molar-refractivity contribution is 6.00. The third-order valence-corrected chi connectivity index (χ3v) is 3.59. The molecule has 0 amide bonds. The first-order valence-electron chi connectivity index (χ1n) is 6.47. The fraction of sp³-hybridized carbons (Fsp3) is 0.533. The topological polar surface area (TPSA) is 52.3 Å². The van der Waals surface area contributed by atoms with E-state index in [4.69, 9.17) is 10.5 Å². The number of ether oxygens (including phenoxy) is 1. The molecule has 0 saturated heterocycles. The first kappa shape index (κ1) is 13.1. The molecule has 3 heteroatoms. The van der Waals surface area contributed by atoms with Crippen LogP contribution in [0.3, 0.4) is 0 Å². The smallest absolute Gasteiger partial charge is 0.168 e. The summed E-state index contributed by atoms with van der Waals surface area (Å²) in [4.78, 5) is 12.3. The zero-order chi connectivity index (χ0) is 13.3. The van der Waals surface area contributed by atoms with Gasteiger partial charge < -0.3 is 10.5 Å². The highest BCUT2D eigenvalue weighted by Crippen LogP contribution is 2.34. The average Bonchev–Trinajstić information content (AvgIpc) is 3.10. The van der Waals surface area contributed by atoms with E-state index in [2.05, 4.69) is 0 Å². The Morgan fingerprint density at radius 3 is 2.67 bits per heavy atom. The van der Waals surface area contributed by atoms with Crippen LogP contribution in [0.2, 0.25) is 0 Å². The summed E-state index contributed by atoms with van der Waals surface area (Å²) in [7, 11) is 1.60. The number of carbonyl (C=O) groups is 1. The van der Waals surface area contributed by atoms with E-state index in [0.29, 0.717) is 23.7 Å². The van der Waals surface area contributed by atoms with Crippen molar-refractivity contribution in [2.24, 2.45) is 11.7 Å². The number of Topliss-reactive ketones (excluding diaryl/α,β-unsaturated/α-hetero) is 1. The van der Waals surface area contributed by atoms with Crippen molar-refractivity contribution in [1.29, 1.82) is 0 Å². The molecule has 0 aromatic heterocycles. The predicted octanol–water partition coefficient (Wildman–Crippen LogP) is 2.62. The highest BCUT2D eigenvalue weighted by Gasteiger charge is 2.30. The van der Waals surface area contributed by atoms with E-state index in [1.165, 1.54) is 12.8 Å². The van der Waals surface area contributed by atoms with Crippen molar-refractivity contribution in [1.82, 2.24) is 0 Å². The minimum Gasteiger partial charge on any atom is -0.496 e. The van der Waals surface area contributed by atoms with Crippen LogP contribution in [0.25, 0.3) is 0 Å². The van der Waals surface area contributed by atoms with Gasteiger partial charge in [-0.15, -0.1) is 0 Å². The number of methoxy groups -OCH3 is 1. The van der Waals surface area contributed by atoms with Crippen LogP contribution in [-0.2, 0) is 0 Å². The lowest BCUT2D eigenvalue weighted by atomic mass is 9.95. The van der Waals surface area contributed by atoms with Crippen LogP contribution in [0.4, 0.5) is 0 Å². The lowest BCUT2D eigenvalue weighted by Crippen LogP contribution is -2.26. The summed E-state index contributed by atoms with van der Waals surface area (Å²) in [5, 5.41) is 0. The molecule has 0 heterocycles. The zero-order valence-corrected chi connectivity index (χ0v) is 11.3. The number of hydrogen-bond donors (Lipinski definition) is 1. The van der Waals surface area contributed by atoms with E-state index in [1.54, 1.807) is 7.11 Å². The Morgan fingerprint density at radius 2 is 2.11 bits per heavy atom. The molecule has 1 aliphatic carbocycles. The van der Waals surface area contributed by atoms with Gasteiger partial charge in [-0.1, -0.05) is 6.07 Å². The highest BCUT2D eigenvalue weighted by atomic mass is 16.5. The van der Waals surface area contributed by atoms with Crippen LogP contribution in [0.15, 0.2) is 12.1 Å². The van der Waals surface area contributed by atoms with E-state index in [9.17, 15) is 4.79 Å². The molecule has 98 valence electrons. The SMILES string of the molecule is COc1cc(C)cc(C)c1C(=O)CC(N)C1CC1. The fourth-order valence-electron chi connectivity index (χ4n) is 2.45. The first-order chi connectivity index (χ1) is 8.52. The standard InChI is InChI=1S/C15H21NO2/c1-9-6-10(2)15(14(7-9)18-3)13(17)8-12(16)11-4-5-11/h6-7,11-12H,4-5,8,16H2,1-3H3. The number of rotatable bonds is 5. The van der Waals surface area contributed by atoms with Gasteiger partial charge in [-0.25, -0.2) is 0 Å². The van der Waals surface area contributed by atoms with Gasteiger partial charge in [0.25, 0.3) is 0 Å². The van der Waals surface area contributed by atoms with E-state index in [-0.39, 0.29) is 11.8 Å². The van der Waals surface area contributed by atoms with Crippen molar-refractivity contribution in [3.05, 3.63) is 28.8 Å². The summed E-state index contributed by atoms with van der Waals surface area (Å²) in [5.41, 5.74) is 8.80. The minimum atomic E-state index is 0.00269. The van der Waals surface area contributed by atoms with Gasteiger partial charge in [0.2, 0.25) is 0 Å². The Balaban J connectivity index is 2.22. The fourth-order valence-corrected chi connectivity index (χ4v) is 2.45. The molecule has 0 spiro atoms. The number of ketones is 1. The van der Waals surface area contributed by atoms with Gasteiger partial charge in [0, 0.05) is 12.5 Å². The Morgan fingerprint density at radius 1 is 1.44 bits per heavy atom. The molecule has 0 aliphatic heterocycles. The second kappa shape index (κ2) is 5.11. The van der Waals surface area contributed by atoms with Gasteiger partial charge in [-0.3, -0.25) is 4.79 Å². The number of nitrogens with two attached hydrogens (primary N) is 1. The van der Waals surface area contributed by atoms with Gasteiger partial charge >= 0.3 is 0 Å². The van der Waals surface area contributed by atoms with Crippen LogP contribution < -0.4 is 10.5 Å². The summed E-state index contributed by atoms with van der Waals surface area (Å²) in [5.74, 6) is 1.31. The predicted molar refractivity (Wildman–Crippen MR) is 72.1 cm³/mol. The zero-order valence-electron chi connectivity index (χ0n) is 11.3. The number of benzene rings is 1. The Kier molecular flexibility index (Phi) is 3.71. The van der Waals surface area contributed by atoms with E-state index >= 15 is 0 Å². The van der Waals surface area contributed by atoms with Crippen molar-refractivity contribution in [2.45, 2.75) is 39.2 Å². The van der Waals surface area contributed by atoms with Crippen LogP contribution >= 0.6 is 0 Å². The molecule has 2 rings (SSSR count). The molecule has 3 nitrogen and oxygen atoms in total. The average molecular weight is 247 g/mol. The molecule has 0 radical (unpaired) electrons. The molecular weight excluding hydrogens is 226 g/mol. The third-order valence-electron chi connectivity index (χ3n) is 3.59. The number of carbonyl (C=O) groups excluding carboxylic acids is 1. The number of aryl methyl sites for hydroxylation is 2. The normalized spacial score (nSPS) is 16.4. The van der Waals surface area contributed by atoms with E-state index < -0.39 is 0 Å². The van der Waals surface area contributed by atoms with Crippen LogP contribution in [0.5, 0.6) is 5.75 Å². The van der Waals surface area contributed by atoms with Gasteiger partial charge in [0.05, 0.1) is 12.7 Å². The maximum absolute atomic E-state index is 12.3. The molecule has 1 saturated carbocycles. The molecule has 1 aromatic rings. The third kappa shape index (κ3) is 2.72. The molecule has 1 fully saturated rings. The van der Waals surface area contributed by atoms with Crippen LogP contribution in [0, 0.1) is 19.8 Å². The molecule has 1 unspecified atom stereocenters. The summed E-state index contributed by atoms with van der Waals surface area (Å²) in [6.45, 7) is 3.95. The molecule has 1 aliphatic rings. The van der Waals surface area contributed by atoms with Gasteiger partial charge in [0.15, 0.2) is 5.78 Å².